The number of carbonyl (C=O) groups excluding carboxylic acids is 1. The lowest BCUT2D eigenvalue weighted by Crippen LogP contribution is -2.47. The highest BCUT2D eigenvalue weighted by Gasteiger charge is 2.31. The van der Waals surface area contributed by atoms with Crippen LogP contribution in [0.25, 0.3) is 0 Å². The Morgan fingerprint density at radius 2 is 1.70 bits per heavy atom. The van der Waals surface area contributed by atoms with Crippen LogP contribution < -0.4 is 4.74 Å². The zero-order valence-corrected chi connectivity index (χ0v) is 18.1. The van der Waals surface area contributed by atoms with Crippen molar-refractivity contribution in [3.05, 3.63) is 65.7 Å². The Morgan fingerprint density at radius 1 is 0.967 bits per heavy atom. The summed E-state index contributed by atoms with van der Waals surface area (Å²) < 4.78 is 5.51. The Kier molecular flexibility index (Phi) is 7.06. The monoisotopic (exact) mass is 406 g/mol. The van der Waals surface area contributed by atoms with Gasteiger partial charge in [-0.05, 0) is 56.2 Å². The molecule has 0 spiro atoms. The van der Waals surface area contributed by atoms with E-state index in [4.69, 9.17) is 4.74 Å². The Labute approximate surface area is 180 Å². The second-order valence-corrected chi connectivity index (χ2v) is 8.84. The van der Waals surface area contributed by atoms with Gasteiger partial charge in [0.1, 0.15) is 5.75 Å². The molecule has 2 fully saturated rings. The summed E-state index contributed by atoms with van der Waals surface area (Å²) in [5.41, 5.74) is 2.62. The molecule has 2 aliphatic heterocycles. The predicted octanol–water partition coefficient (Wildman–Crippen LogP) is 4.39. The number of piperidine rings is 2. The second kappa shape index (κ2) is 10.1. The molecule has 4 nitrogen and oxygen atoms in total. The Balaban J connectivity index is 1.28. The normalized spacial score (nSPS) is 20.8. The number of hydrogen-bond acceptors (Lipinski definition) is 3. The van der Waals surface area contributed by atoms with E-state index < -0.39 is 0 Å². The third-order valence-corrected chi connectivity index (χ3v) is 6.73. The van der Waals surface area contributed by atoms with Gasteiger partial charge in [0.15, 0.2) is 0 Å². The molecule has 2 aliphatic rings. The lowest BCUT2D eigenvalue weighted by molar-refractivity contribution is -0.138. The standard InChI is InChI=1S/C26H34N2O2/c1-30-25-12-6-5-10-23(25)19-27-15-7-11-24(20-27)26(29)28-16-13-22(14-17-28)18-21-8-3-2-4-9-21/h2-6,8-10,12,22,24H,7,11,13-20H2,1H3. The van der Waals surface area contributed by atoms with Gasteiger partial charge in [-0.25, -0.2) is 0 Å². The van der Waals surface area contributed by atoms with Crippen molar-refractivity contribution >= 4 is 5.91 Å². The zero-order chi connectivity index (χ0) is 20.8. The van der Waals surface area contributed by atoms with E-state index in [1.165, 1.54) is 11.1 Å². The van der Waals surface area contributed by atoms with Crippen molar-refractivity contribution in [2.45, 2.75) is 38.6 Å². The van der Waals surface area contributed by atoms with Crippen molar-refractivity contribution in [1.82, 2.24) is 9.80 Å². The molecular weight excluding hydrogens is 372 g/mol. The van der Waals surface area contributed by atoms with E-state index in [1.807, 2.05) is 12.1 Å². The van der Waals surface area contributed by atoms with Gasteiger partial charge in [-0.2, -0.15) is 0 Å². The maximum Gasteiger partial charge on any atom is 0.226 e. The van der Waals surface area contributed by atoms with Crippen LogP contribution in [0.15, 0.2) is 54.6 Å². The summed E-state index contributed by atoms with van der Waals surface area (Å²) in [6.07, 6.45) is 5.50. The van der Waals surface area contributed by atoms with E-state index in [2.05, 4.69) is 52.3 Å². The first-order chi connectivity index (χ1) is 14.7. The lowest BCUT2D eigenvalue weighted by Gasteiger charge is -2.38. The van der Waals surface area contributed by atoms with Gasteiger partial charge in [0.2, 0.25) is 5.91 Å². The van der Waals surface area contributed by atoms with Crippen LogP contribution in [0.4, 0.5) is 0 Å². The fourth-order valence-electron chi connectivity index (χ4n) is 5.04. The minimum absolute atomic E-state index is 0.138. The highest BCUT2D eigenvalue weighted by Crippen LogP contribution is 2.27. The number of ether oxygens (including phenoxy) is 1. The highest BCUT2D eigenvalue weighted by molar-refractivity contribution is 5.79. The van der Waals surface area contributed by atoms with E-state index in [-0.39, 0.29) is 5.92 Å². The summed E-state index contributed by atoms with van der Waals surface area (Å²) in [4.78, 5) is 17.8. The van der Waals surface area contributed by atoms with Crippen molar-refractivity contribution in [2.75, 3.05) is 33.3 Å². The van der Waals surface area contributed by atoms with Crippen molar-refractivity contribution in [3.63, 3.8) is 0 Å². The summed E-state index contributed by atoms with van der Waals surface area (Å²) in [5, 5.41) is 0. The van der Waals surface area contributed by atoms with Crippen LogP contribution in [0.3, 0.4) is 0 Å². The Hall–Kier alpha value is -2.33. The summed E-state index contributed by atoms with van der Waals surface area (Å²) in [7, 11) is 1.72. The number of amides is 1. The maximum absolute atomic E-state index is 13.2. The number of para-hydroxylation sites is 1. The topological polar surface area (TPSA) is 32.8 Å². The SMILES string of the molecule is COc1ccccc1CN1CCCC(C(=O)N2CCC(Cc3ccccc3)CC2)C1. The van der Waals surface area contributed by atoms with Gasteiger partial charge in [0.25, 0.3) is 0 Å². The number of likely N-dealkylation sites (tertiary alicyclic amines) is 2. The number of hydrogen-bond donors (Lipinski definition) is 0. The van der Waals surface area contributed by atoms with Crippen molar-refractivity contribution in [2.24, 2.45) is 11.8 Å². The molecule has 2 heterocycles. The summed E-state index contributed by atoms with van der Waals surface area (Å²) in [6, 6.07) is 19.0. The van der Waals surface area contributed by atoms with Crippen LogP contribution in [0.5, 0.6) is 5.75 Å². The number of carbonyl (C=O) groups is 1. The highest BCUT2D eigenvalue weighted by atomic mass is 16.5. The molecule has 1 atom stereocenters. The Morgan fingerprint density at radius 3 is 2.47 bits per heavy atom. The van der Waals surface area contributed by atoms with E-state index in [0.717, 1.165) is 70.6 Å². The van der Waals surface area contributed by atoms with Crippen LogP contribution >= 0.6 is 0 Å². The number of benzene rings is 2. The molecule has 0 bridgehead atoms. The van der Waals surface area contributed by atoms with E-state index in [0.29, 0.717) is 11.8 Å². The fraction of sp³-hybridized carbons (Fsp3) is 0.500. The number of nitrogens with zero attached hydrogens (tertiary/aromatic N) is 2. The quantitative estimate of drug-likeness (QED) is 0.713. The van der Waals surface area contributed by atoms with E-state index in [1.54, 1.807) is 7.11 Å². The van der Waals surface area contributed by atoms with Crippen LogP contribution in [-0.2, 0) is 17.8 Å². The lowest BCUT2D eigenvalue weighted by atomic mass is 9.89. The van der Waals surface area contributed by atoms with E-state index in [9.17, 15) is 4.79 Å². The molecular formula is C26H34N2O2. The average Bonchev–Trinajstić information content (AvgIpc) is 2.80. The molecule has 2 saturated heterocycles. The maximum atomic E-state index is 13.2. The molecule has 4 rings (SSSR count). The van der Waals surface area contributed by atoms with E-state index >= 15 is 0 Å². The van der Waals surface area contributed by atoms with Crippen molar-refractivity contribution in [1.29, 1.82) is 0 Å². The molecule has 4 heteroatoms. The summed E-state index contributed by atoms with van der Waals surface area (Å²) in [5.74, 6) is 2.15. The molecule has 1 amide bonds. The van der Waals surface area contributed by atoms with Crippen LogP contribution in [0, 0.1) is 11.8 Å². The van der Waals surface area contributed by atoms with Gasteiger partial charge >= 0.3 is 0 Å². The molecule has 1 unspecified atom stereocenters. The first-order valence-corrected chi connectivity index (χ1v) is 11.4. The van der Waals surface area contributed by atoms with Crippen LogP contribution in [-0.4, -0.2) is 49.0 Å². The minimum atomic E-state index is 0.138. The Bertz CT molecular complexity index is 815. The molecule has 160 valence electrons. The number of methoxy groups -OCH3 is 1. The molecule has 2 aromatic rings. The minimum Gasteiger partial charge on any atom is -0.496 e. The third kappa shape index (κ3) is 5.23. The molecule has 0 N–H and O–H groups in total. The van der Waals surface area contributed by atoms with Gasteiger partial charge in [0.05, 0.1) is 13.0 Å². The van der Waals surface area contributed by atoms with Gasteiger partial charge in [-0.3, -0.25) is 9.69 Å². The molecule has 0 aliphatic carbocycles. The summed E-state index contributed by atoms with van der Waals surface area (Å²) >= 11 is 0. The van der Waals surface area contributed by atoms with Gasteiger partial charge in [-0.1, -0.05) is 48.5 Å². The number of rotatable bonds is 6. The molecule has 0 aromatic heterocycles. The van der Waals surface area contributed by atoms with Gasteiger partial charge in [0, 0.05) is 31.7 Å². The molecule has 0 radical (unpaired) electrons. The van der Waals surface area contributed by atoms with Crippen molar-refractivity contribution in [3.8, 4) is 5.75 Å². The molecule has 0 saturated carbocycles. The van der Waals surface area contributed by atoms with Crippen molar-refractivity contribution < 1.29 is 9.53 Å². The summed E-state index contributed by atoms with van der Waals surface area (Å²) in [6.45, 7) is 4.60. The van der Waals surface area contributed by atoms with Crippen LogP contribution in [0.2, 0.25) is 0 Å². The van der Waals surface area contributed by atoms with Gasteiger partial charge < -0.3 is 9.64 Å². The predicted molar refractivity (Wildman–Crippen MR) is 120 cm³/mol. The zero-order valence-electron chi connectivity index (χ0n) is 18.1. The molecule has 30 heavy (non-hydrogen) atoms. The second-order valence-electron chi connectivity index (χ2n) is 8.84. The largest absolute Gasteiger partial charge is 0.496 e. The smallest absolute Gasteiger partial charge is 0.226 e. The van der Waals surface area contributed by atoms with Gasteiger partial charge in [-0.15, -0.1) is 0 Å². The average molecular weight is 407 g/mol. The van der Waals surface area contributed by atoms with Crippen LogP contribution in [0.1, 0.15) is 36.8 Å². The fourth-order valence-corrected chi connectivity index (χ4v) is 5.04. The molecule has 2 aromatic carbocycles. The first kappa shape index (κ1) is 20.9. The first-order valence-electron chi connectivity index (χ1n) is 11.4. The third-order valence-electron chi connectivity index (χ3n) is 6.73.